The van der Waals surface area contributed by atoms with Gasteiger partial charge in [-0.2, -0.15) is 0 Å². The van der Waals surface area contributed by atoms with Gasteiger partial charge in [-0.05, 0) is 11.6 Å². The van der Waals surface area contributed by atoms with E-state index >= 15 is 0 Å². The number of thiazole rings is 1. The topological polar surface area (TPSA) is 59.4 Å². The number of ether oxygens (including phenoxy) is 1. The van der Waals surface area contributed by atoms with Gasteiger partial charge in [-0.1, -0.05) is 23.7 Å². The normalized spacial score (nSPS) is 10.8. The maximum Gasteiger partial charge on any atom is 0.347 e. The molecule has 0 aliphatic rings. The molecule has 0 unspecified atom stereocenters. The first kappa shape index (κ1) is 14.9. The Balaban J connectivity index is 2.32. The first-order valence-corrected chi connectivity index (χ1v) is 6.86. The van der Waals surface area contributed by atoms with Crippen molar-refractivity contribution in [3.8, 4) is 0 Å². The Morgan fingerprint density at radius 2 is 2.30 bits per heavy atom. The summed E-state index contributed by atoms with van der Waals surface area (Å²) in [6, 6.07) is 4.70. The van der Waals surface area contributed by atoms with E-state index in [1.165, 1.54) is 13.2 Å². The molecule has 0 saturated heterocycles. The van der Waals surface area contributed by atoms with E-state index in [-0.39, 0.29) is 22.9 Å². The summed E-state index contributed by atoms with van der Waals surface area (Å²) < 4.78 is 18.7. The number of nitrogens with zero attached hydrogens (tertiary/aromatic N) is 1. The molecule has 2 aromatic rings. The summed E-state index contributed by atoms with van der Waals surface area (Å²) in [4.78, 5) is 15.4. The molecular weight excluding hydrogens is 305 g/mol. The number of carboxylic acid groups (broad SMARTS) is 1. The molecule has 0 saturated carbocycles. The fourth-order valence-electron chi connectivity index (χ4n) is 1.73. The third-order valence-electron chi connectivity index (χ3n) is 2.59. The summed E-state index contributed by atoms with van der Waals surface area (Å²) in [6.07, 6.45) is 0.195. The highest BCUT2D eigenvalue weighted by Crippen LogP contribution is 2.25. The van der Waals surface area contributed by atoms with E-state index in [4.69, 9.17) is 21.4 Å². The van der Waals surface area contributed by atoms with Crippen LogP contribution >= 0.6 is 22.9 Å². The van der Waals surface area contributed by atoms with Crippen LogP contribution in [0.3, 0.4) is 0 Å². The van der Waals surface area contributed by atoms with E-state index in [1.807, 2.05) is 0 Å². The van der Waals surface area contributed by atoms with E-state index in [1.54, 1.807) is 12.1 Å². The third-order valence-corrected chi connectivity index (χ3v) is 3.97. The Bertz CT molecular complexity index is 645. The first-order chi connectivity index (χ1) is 9.52. The van der Waals surface area contributed by atoms with Crippen molar-refractivity contribution >= 4 is 28.9 Å². The highest BCUT2D eigenvalue weighted by molar-refractivity contribution is 7.13. The lowest BCUT2D eigenvalue weighted by Gasteiger charge is -2.01. The molecular formula is C13H11ClFNO3S. The number of carboxylic acids is 1. The minimum absolute atomic E-state index is 0.0367. The lowest BCUT2D eigenvalue weighted by molar-refractivity contribution is 0.0697. The molecule has 20 heavy (non-hydrogen) atoms. The zero-order chi connectivity index (χ0) is 14.7. The standard InChI is InChI=1S/C13H11ClFNO3S/c1-19-6-9-12(13(17)18)20-10(16-9)5-7-3-2-4-8(14)11(7)15/h2-4H,5-6H2,1H3,(H,17,18). The van der Waals surface area contributed by atoms with E-state index in [0.29, 0.717) is 16.3 Å². The van der Waals surface area contributed by atoms with Gasteiger partial charge in [-0.3, -0.25) is 0 Å². The molecule has 1 heterocycles. The van der Waals surface area contributed by atoms with Crippen LogP contribution in [0.4, 0.5) is 4.39 Å². The smallest absolute Gasteiger partial charge is 0.347 e. The van der Waals surface area contributed by atoms with Gasteiger partial charge in [0.2, 0.25) is 0 Å². The van der Waals surface area contributed by atoms with Gasteiger partial charge in [-0.25, -0.2) is 14.2 Å². The Morgan fingerprint density at radius 3 is 2.95 bits per heavy atom. The van der Waals surface area contributed by atoms with Crippen LogP contribution in [0, 0.1) is 5.82 Å². The van der Waals surface area contributed by atoms with Crippen molar-refractivity contribution in [2.75, 3.05) is 7.11 Å². The Labute approximate surface area is 123 Å². The Hall–Kier alpha value is -1.50. The molecule has 106 valence electrons. The maximum atomic E-state index is 13.8. The molecule has 1 aromatic carbocycles. The van der Waals surface area contributed by atoms with E-state index in [0.717, 1.165) is 11.3 Å². The number of benzene rings is 1. The van der Waals surface area contributed by atoms with Crippen LogP contribution in [0.15, 0.2) is 18.2 Å². The van der Waals surface area contributed by atoms with Gasteiger partial charge in [0, 0.05) is 13.5 Å². The van der Waals surface area contributed by atoms with Gasteiger partial charge in [0.1, 0.15) is 10.7 Å². The number of halogens is 2. The van der Waals surface area contributed by atoms with Crippen molar-refractivity contribution in [2.45, 2.75) is 13.0 Å². The SMILES string of the molecule is COCc1nc(Cc2cccc(Cl)c2F)sc1C(=O)O. The van der Waals surface area contributed by atoms with Crippen molar-refractivity contribution in [1.82, 2.24) is 4.98 Å². The molecule has 0 fully saturated rings. The second-order valence-corrected chi connectivity index (χ2v) is 5.50. The summed E-state index contributed by atoms with van der Waals surface area (Å²) in [5, 5.41) is 9.64. The highest BCUT2D eigenvalue weighted by atomic mass is 35.5. The van der Waals surface area contributed by atoms with Gasteiger partial charge in [0.15, 0.2) is 0 Å². The van der Waals surface area contributed by atoms with Crippen molar-refractivity contribution in [2.24, 2.45) is 0 Å². The molecule has 4 nitrogen and oxygen atoms in total. The molecule has 0 atom stereocenters. The predicted octanol–water partition coefficient (Wildman–Crippen LogP) is 3.37. The number of aromatic carboxylic acids is 1. The number of hydrogen-bond acceptors (Lipinski definition) is 4. The number of carbonyl (C=O) groups is 1. The minimum atomic E-state index is -1.06. The molecule has 7 heteroatoms. The lowest BCUT2D eigenvalue weighted by Crippen LogP contribution is -2.00. The summed E-state index contributed by atoms with van der Waals surface area (Å²) in [6.45, 7) is 0.107. The number of hydrogen-bond donors (Lipinski definition) is 1. The molecule has 0 spiro atoms. The van der Waals surface area contributed by atoms with Crippen molar-refractivity contribution in [1.29, 1.82) is 0 Å². The van der Waals surface area contributed by atoms with Crippen LogP contribution in [0.5, 0.6) is 0 Å². The summed E-state index contributed by atoms with van der Waals surface area (Å²) >= 11 is 6.73. The molecule has 1 N–H and O–H groups in total. The van der Waals surface area contributed by atoms with Crippen molar-refractivity contribution < 1.29 is 19.0 Å². The fraction of sp³-hybridized carbons (Fsp3) is 0.231. The third kappa shape index (κ3) is 3.15. The number of aromatic nitrogens is 1. The summed E-state index contributed by atoms with van der Waals surface area (Å²) in [5.74, 6) is -1.57. The van der Waals surface area contributed by atoms with Crippen LogP contribution in [0.2, 0.25) is 5.02 Å². The van der Waals surface area contributed by atoms with E-state index < -0.39 is 11.8 Å². The second-order valence-electron chi connectivity index (χ2n) is 4.01. The quantitative estimate of drug-likeness (QED) is 0.919. The van der Waals surface area contributed by atoms with Gasteiger partial charge in [0.25, 0.3) is 0 Å². The average Bonchev–Trinajstić information content (AvgIpc) is 2.79. The van der Waals surface area contributed by atoms with Crippen LogP contribution in [-0.2, 0) is 17.8 Å². The van der Waals surface area contributed by atoms with Gasteiger partial charge >= 0.3 is 5.97 Å². The van der Waals surface area contributed by atoms with Crippen LogP contribution in [0.1, 0.15) is 25.9 Å². The van der Waals surface area contributed by atoms with Gasteiger partial charge in [-0.15, -0.1) is 11.3 Å². The minimum Gasteiger partial charge on any atom is -0.477 e. The molecule has 2 rings (SSSR count). The second kappa shape index (κ2) is 6.30. The molecule has 0 radical (unpaired) electrons. The fourth-order valence-corrected chi connectivity index (χ4v) is 2.85. The molecule has 0 aliphatic heterocycles. The zero-order valence-corrected chi connectivity index (χ0v) is 12.1. The van der Waals surface area contributed by atoms with Crippen LogP contribution in [0.25, 0.3) is 0 Å². The predicted molar refractivity (Wildman–Crippen MR) is 74.0 cm³/mol. The van der Waals surface area contributed by atoms with E-state index in [2.05, 4.69) is 4.98 Å². The maximum absolute atomic E-state index is 13.8. The zero-order valence-electron chi connectivity index (χ0n) is 10.5. The molecule has 0 bridgehead atoms. The lowest BCUT2D eigenvalue weighted by atomic mass is 10.1. The van der Waals surface area contributed by atoms with Gasteiger partial charge < -0.3 is 9.84 Å². The number of methoxy groups -OCH3 is 1. The Morgan fingerprint density at radius 1 is 1.55 bits per heavy atom. The van der Waals surface area contributed by atoms with Gasteiger partial charge in [0.05, 0.1) is 22.3 Å². The highest BCUT2D eigenvalue weighted by Gasteiger charge is 2.18. The average molecular weight is 316 g/mol. The summed E-state index contributed by atoms with van der Waals surface area (Å²) in [5.41, 5.74) is 0.731. The molecule has 1 aromatic heterocycles. The monoisotopic (exact) mass is 315 g/mol. The van der Waals surface area contributed by atoms with Crippen molar-refractivity contribution in [3.05, 3.63) is 50.2 Å². The van der Waals surface area contributed by atoms with E-state index in [9.17, 15) is 9.18 Å². The number of rotatable bonds is 5. The van der Waals surface area contributed by atoms with Crippen LogP contribution < -0.4 is 0 Å². The van der Waals surface area contributed by atoms with Crippen molar-refractivity contribution in [3.63, 3.8) is 0 Å². The Kier molecular flexibility index (Phi) is 4.69. The largest absolute Gasteiger partial charge is 0.477 e. The van der Waals surface area contributed by atoms with Crippen LogP contribution in [-0.4, -0.2) is 23.2 Å². The molecule has 0 aliphatic carbocycles. The summed E-state index contributed by atoms with van der Waals surface area (Å²) in [7, 11) is 1.46. The molecule has 0 amide bonds. The first-order valence-electron chi connectivity index (χ1n) is 5.66.